The monoisotopic (exact) mass is 494 g/mol. The molecule has 5 rings (SSSR count). The lowest BCUT2D eigenvalue weighted by Crippen LogP contribution is -2.29. The second-order valence-electron chi connectivity index (χ2n) is 8.43. The number of hydrogen-bond donors (Lipinski definition) is 1. The standard InChI is InChI=1S/C26H24ClFN4OS/c1-17-5-8-24-23(13-17)29-25(32(24)34)15-31-11-9-18(10-12-31)22-3-2-4-26(30-22)33-16-19-6-7-20(27)14-21(19)28/h2-9,13-14,34H,10-12,15-16H2,1H3. The van der Waals surface area contributed by atoms with Crippen molar-refractivity contribution in [3.05, 3.63) is 94.2 Å². The molecule has 34 heavy (non-hydrogen) atoms. The average molecular weight is 495 g/mol. The molecule has 8 heteroatoms. The number of benzene rings is 2. The summed E-state index contributed by atoms with van der Waals surface area (Å²) in [6, 6.07) is 16.5. The van der Waals surface area contributed by atoms with E-state index in [2.05, 4.69) is 53.9 Å². The molecular formula is C26H24ClFN4OS. The number of aromatic nitrogens is 3. The molecule has 2 aromatic heterocycles. The number of rotatable bonds is 6. The SMILES string of the molecule is Cc1ccc2c(c1)nc(CN1CC=C(c3cccc(OCc4ccc(Cl)cc4F)n3)CC1)n2S. The van der Waals surface area contributed by atoms with Crippen LogP contribution in [0.1, 0.15) is 29.1 Å². The van der Waals surface area contributed by atoms with Gasteiger partial charge in [0.15, 0.2) is 0 Å². The Kier molecular flexibility index (Phi) is 6.59. The molecule has 1 aliphatic heterocycles. The van der Waals surface area contributed by atoms with Crippen LogP contribution in [-0.2, 0) is 13.2 Å². The van der Waals surface area contributed by atoms with Crippen LogP contribution >= 0.6 is 24.4 Å². The third-order valence-corrected chi connectivity index (χ3v) is 6.64. The smallest absolute Gasteiger partial charge is 0.214 e. The molecule has 0 aliphatic carbocycles. The van der Waals surface area contributed by atoms with Gasteiger partial charge in [-0.3, -0.25) is 8.87 Å². The fraction of sp³-hybridized carbons (Fsp3) is 0.231. The summed E-state index contributed by atoms with van der Waals surface area (Å²) in [5.41, 5.74) is 5.68. The quantitative estimate of drug-likeness (QED) is 0.329. The molecule has 0 fully saturated rings. The van der Waals surface area contributed by atoms with Crippen LogP contribution in [0.3, 0.4) is 0 Å². The number of ether oxygens (including phenoxy) is 1. The first-order valence-electron chi connectivity index (χ1n) is 11.1. The Bertz CT molecular complexity index is 1390. The maximum absolute atomic E-state index is 14.0. The second-order valence-corrected chi connectivity index (χ2v) is 9.27. The Morgan fingerprint density at radius 2 is 2.00 bits per heavy atom. The highest BCUT2D eigenvalue weighted by Crippen LogP contribution is 2.25. The minimum Gasteiger partial charge on any atom is -0.473 e. The number of halogens is 2. The van der Waals surface area contributed by atoms with Gasteiger partial charge in [-0.1, -0.05) is 48.7 Å². The molecule has 0 radical (unpaired) electrons. The predicted octanol–water partition coefficient (Wildman–Crippen LogP) is 6.09. The van der Waals surface area contributed by atoms with Gasteiger partial charge in [-0.05, 0) is 54.8 Å². The molecule has 0 atom stereocenters. The zero-order valence-corrected chi connectivity index (χ0v) is 20.4. The van der Waals surface area contributed by atoms with E-state index in [1.807, 2.05) is 16.1 Å². The molecule has 1 aliphatic rings. The lowest BCUT2D eigenvalue weighted by Gasteiger charge is -2.25. The Labute approximate surface area is 208 Å². The van der Waals surface area contributed by atoms with E-state index < -0.39 is 0 Å². The molecule has 5 nitrogen and oxygen atoms in total. The van der Waals surface area contributed by atoms with Crippen molar-refractivity contribution in [1.82, 2.24) is 18.8 Å². The molecule has 3 heterocycles. The van der Waals surface area contributed by atoms with Crippen LogP contribution < -0.4 is 4.74 Å². The van der Waals surface area contributed by atoms with E-state index in [1.165, 1.54) is 17.2 Å². The summed E-state index contributed by atoms with van der Waals surface area (Å²) in [6.07, 6.45) is 3.07. The van der Waals surface area contributed by atoms with Crippen molar-refractivity contribution >= 4 is 41.0 Å². The summed E-state index contributed by atoms with van der Waals surface area (Å²) >= 11 is 10.5. The van der Waals surface area contributed by atoms with E-state index in [0.29, 0.717) is 16.5 Å². The van der Waals surface area contributed by atoms with Gasteiger partial charge in [-0.25, -0.2) is 14.4 Å². The van der Waals surface area contributed by atoms with Gasteiger partial charge in [0.2, 0.25) is 5.88 Å². The highest BCUT2D eigenvalue weighted by Gasteiger charge is 2.18. The molecule has 4 aromatic rings. The molecule has 0 saturated heterocycles. The summed E-state index contributed by atoms with van der Waals surface area (Å²) < 4.78 is 21.6. The lowest BCUT2D eigenvalue weighted by atomic mass is 10.0. The first-order chi connectivity index (χ1) is 16.5. The van der Waals surface area contributed by atoms with Crippen LogP contribution in [0.4, 0.5) is 4.39 Å². The number of imidazole rings is 1. The summed E-state index contributed by atoms with van der Waals surface area (Å²) in [6.45, 7) is 4.58. The van der Waals surface area contributed by atoms with Crippen molar-refractivity contribution < 1.29 is 9.13 Å². The lowest BCUT2D eigenvalue weighted by molar-refractivity contribution is 0.284. The van der Waals surface area contributed by atoms with Crippen LogP contribution in [-0.4, -0.2) is 31.9 Å². The minimum atomic E-state index is -0.386. The average Bonchev–Trinajstić information content (AvgIpc) is 3.13. The molecule has 0 unspecified atom stereocenters. The van der Waals surface area contributed by atoms with E-state index in [0.717, 1.165) is 48.6 Å². The van der Waals surface area contributed by atoms with Gasteiger partial charge in [0.05, 0.1) is 23.3 Å². The van der Waals surface area contributed by atoms with E-state index in [4.69, 9.17) is 21.3 Å². The van der Waals surface area contributed by atoms with Gasteiger partial charge in [-0.2, -0.15) is 0 Å². The molecule has 0 amide bonds. The fourth-order valence-corrected chi connectivity index (χ4v) is 4.52. The van der Waals surface area contributed by atoms with Gasteiger partial charge in [0, 0.05) is 29.7 Å². The largest absolute Gasteiger partial charge is 0.473 e. The van der Waals surface area contributed by atoms with E-state index in [9.17, 15) is 4.39 Å². The van der Waals surface area contributed by atoms with Gasteiger partial charge in [-0.15, -0.1) is 0 Å². The van der Waals surface area contributed by atoms with Crippen LogP contribution in [0.25, 0.3) is 16.6 Å². The third-order valence-electron chi connectivity index (χ3n) is 5.95. The summed E-state index contributed by atoms with van der Waals surface area (Å²) in [5, 5.41) is 0.362. The summed E-state index contributed by atoms with van der Waals surface area (Å²) in [4.78, 5) is 11.7. The highest BCUT2D eigenvalue weighted by molar-refractivity contribution is 7.78. The number of fused-ring (bicyclic) bond motifs is 1. The maximum atomic E-state index is 14.0. The molecule has 2 aromatic carbocycles. The van der Waals surface area contributed by atoms with Gasteiger partial charge < -0.3 is 4.74 Å². The zero-order valence-electron chi connectivity index (χ0n) is 18.7. The Morgan fingerprint density at radius 3 is 2.79 bits per heavy atom. The van der Waals surface area contributed by atoms with Crippen molar-refractivity contribution in [1.29, 1.82) is 0 Å². The number of nitrogens with zero attached hydrogens (tertiary/aromatic N) is 4. The topological polar surface area (TPSA) is 43.2 Å². The number of thiol groups is 1. The zero-order chi connectivity index (χ0) is 23.7. The molecule has 0 spiro atoms. The van der Waals surface area contributed by atoms with Crippen LogP contribution in [0, 0.1) is 12.7 Å². The molecule has 0 N–H and O–H groups in total. The maximum Gasteiger partial charge on any atom is 0.214 e. The number of pyridine rings is 1. The second kappa shape index (κ2) is 9.78. The van der Waals surface area contributed by atoms with Crippen LogP contribution in [0.2, 0.25) is 5.02 Å². The van der Waals surface area contributed by atoms with Crippen LogP contribution in [0.15, 0.2) is 60.7 Å². The third kappa shape index (κ3) is 4.97. The van der Waals surface area contributed by atoms with Crippen molar-refractivity contribution in [3.8, 4) is 5.88 Å². The normalized spacial score (nSPS) is 14.4. The highest BCUT2D eigenvalue weighted by atomic mass is 35.5. The number of hydrogen-bond acceptors (Lipinski definition) is 5. The van der Waals surface area contributed by atoms with Crippen molar-refractivity contribution in [2.75, 3.05) is 13.1 Å². The van der Waals surface area contributed by atoms with Crippen molar-refractivity contribution in [3.63, 3.8) is 0 Å². The molecule has 0 bridgehead atoms. The first kappa shape index (κ1) is 22.9. The van der Waals surface area contributed by atoms with Crippen molar-refractivity contribution in [2.45, 2.75) is 26.5 Å². The Balaban J connectivity index is 1.24. The summed E-state index contributed by atoms with van der Waals surface area (Å²) in [7, 11) is 0. The van der Waals surface area contributed by atoms with E-state index in [-0.39, 0.29) is 12.4 Å². The van der Waals surface area contributed by atoms with Crippen molar-refractivity contribution in [2.24, 2.45) is 0 Å². The molecular weight excluding hydrogens is 471 g/mol. The van der Waals surface area contributed by atoms with E-state index >= 15 is 0 Å². The van der Waals surface area contributed by atoms with Crippen LogP contribution in [0.5, 0.6) is 5.88 Å². The predicted molar refractivity (Wildman–Crippen MR) is 137 cm³/mol. The first-order valence-corrected chi connectivity index (χ1v) is 11.9. The fourth-order valence-electron chi connectivity index (χ4n) is 4.08. The number of aryl methyl sites for hydroxylation is 1. The molecule has 174 valence electrons. The van der Waals surface area contributed by atoms with Gasteiger partial charge in [0.1, 0.15) is 18.2 Å². The van der Waals surface area contributed by atoms with Gasteiger partial charge in [0.25, 0.3) is 0 Å². The van der Waals surface area contributed by atoms with E-state index in [1.54, 1.807) is 18.2 Å². The Morgan fingerprint density at radius 1 is 1.12 bits per heavy atom. The Hall–Kier alpha value is -2.87. The van der Waals surface area contributed by atoms with Gasteiger partial charge >= 0.3 is 0 Å². The molecule has 0 saturated carbocycles. The summed E-state index contributed by atoms with van der Waals surface area (Å²) in [5.74, 6) is 1.02. The minimum absolute atomic E-state index is 0.0938.